The highest BCUT2D eigenvalue weighted by Crippen LogP contribution is 2.49. The summed E-state index contributed by atoms with van der Waals surface area (Å²) in [7, 11) is 0. The fourth-order valence-electron chi connectivity index (χ4n) is 5.41. The third kappa shape index (κ3) is 3.13. The number of nitrogens with zero attached hydrogens (tertiary/aromatic N) is 4. The quantitative estimate of drug-likeness (QED) is 0.282. The number of carboxylic acids is 1. The Balaban J connectivity index is 1.39. The highest BCUT2D eigenvalue weighted by molar-refractivity contribution is 6.04. The van der Waals surface area contributed by atoms with Gasteiger partial charge in [0.05, 0.1) is 11.0 Å². The smallest absolute Gasteiger partial charge is 0.408 e. The van der Waals surface area contributed by atoms with Gasteiger partial charge in [0.25, 0.3) is 11.6 Å². The van der Waals surface area contributed by atoms with Crippen LogP contribution in [0.4, 0.5) is 10.5 Å². The van der Waals surface area contributed by atoms with Crippen molar-refractivity contribution in [3.8, 4) is 0 Å². The topological polar surface area (TPSA) is 162 Å². The first-order chi connectivity index (χ1) is 16.2. The second-order valence-electron chi connectivity index (χ2n) is 8.69. The molecular formula is C22H20N4O8. The summed E-state index contributed by atoms with van der Waals surface area (Å²) >= 11 is 0. The molecule has 3 saturated heterocycles. The van der Waals surface area contributed by atoms with Gasteiger partial charge in [0.15, 0.2) is 0 Å². The van der Waals surface area contributed by atoms with Crippen LogP contribution in [-0.4, -0.2) is 78.9 Å². The van der Waals surface area contributed by atoms with Crippen LogP contribution >= 0.6 is 0 Å². The Kier molecular flexibility index (Phi) is 4.88. The normalized spacial score (nSPS) is 26.8. The third-order valence-electron chi connectivity index (χ3n) is 6.97. The van der Waals surface area contributed by atoms with E-state index in [-0.39, 0.29) is 36.3 Å². The van der Waals surface area contributed by atoms with Gasteiger partial charge < -0.3 is 15.1 Å². The Labute approximate surface area is 192 Å². The average Bonchev–Trinajstić information content (AvgIpc) is 3.30. The molecule has 0 radical (unpaired) electrons. The molecule has 0 aliphatic carbocycles. The summed E-state index contributed by atoms with van der Waals surface area (Å²) in [6.45, 7) is 0.773. The van der Waals surface area contributed by atoms with Crippen LogP contribution in [0.1, 0.15) is 18.4 Å². The molecule has 4 aliphatic heterocycles. The van der Waals surface area contributed by atoms with Crippen molar-refractivity contribution in [1.82, 2.24) is 14.7 Å². The van der Waals surface area contributed by atoms with Gasteiger partial charge in [-0.25, -0.2) is 9.59 Å². The summed E-state index contributed by atoms with van der Waals surface area (Å²) in [5.41, 5.74) is 1.31. The molecule has 12 heteroatoms. The molecule has 1 unspecified atom stereocenters. The predicted octanol–water partition coefficient (Wildman–Crippen LogP) is 1.19. The molecule has 5 rings (SSSR count). The lowest BCUT2D eigenvalue weighted by Crippen LogP contribution is -2.73. The van der Waals surface area contributed by atoms with Crippen molar-refractivity contribution < 1.29 is 34.3 Å². The number of piperidine rings is 1. The van der Waals surface area contributed by atoms with Crippen LogP contribution in [0, 0.1) is 16.0 Å². The summed E-state index contributed by atoms with van der Waals surface area (Å²) < 4.78 is 0. The van der Waals surface area contributed by atoms with E-state index in [2.05, 4.69) is 0 Å². The zero-order chi connectivity index (χ0) is 24.3. The zero-order valence-electron chi connectivity index (χ0n) is 17.8. The maximum Gasteiger partial charge on any atom is 0.408 e. The first-order valence-electron chi connectivity index (χ1n) is 10.7. The van der Waals surface area contributed by atoms with E-state index in [1.54, 1.807) is 23.1 Å². The fraction of sp³-hybridized carbons (Fsp3) is 0.364. The monoisotopic (exact) mass is 468 g/mol. The van der Waals surface area contributed by atoms with Crippen molar-refractivity contribution in [3.05, 3.63) is 62.9 Å². The molecule has 1 aromatic carbocycles. The Morgan fingerprint density at radius 1 is 1.15 bits per heavy atom. The summed E-state index contributed by atoms with van der Waals surface area (Å²) in [4.78, 5) is 63.3. The minimum atomic E-state index is -1.29. The number of non-ortho nitro benzene ring substituents is 1. The van der Waals surface area contributed by atoms with Crippen molar-refractivity contribution >= 4 is 29.6 Å². The molecule has 4 aliphatic rings. The number of aliphatic carboxylic acids is 1. The van der Waals surface area contributed by atoms with E-state index < -0.39 is 35.0 Å². The van der Waals surface area contributed by atoms with Crippen molar-refractivity contribution in [2.75, 3.05) is 13.1 Å². The summed E-state index contributed by atoms with van der Waals surface area (Å²) in [5.74, 6) is -2.47. The van der Waals surface area contributed by atoms with Gasteiger partial charge in [-0.2, -0.15) is 0 Å². The molecule has 0 bridgehead atoms. The molecule has 0 spiro atoms. The standard InChI is InChI=1S/C22H20N4O8/c27-19-12(5-7-23(19)10-11-1-3-13(4-2-11)26(33)34)9-15-14-6-8-24(22(31)32)18-16(14)25(20(18)28)17(15)21(29)30/h1-4,9,14,16,18H,5-8,10H2,(H,29,30)(H,31,32)/b12-9+/t14?,16-,18+/m1/s1. The van der Waals surface area contributed by atoms with E-state index in [0.29, 0.717) is 30.5 Å². The van der Waals surface area contributed by atoms with Gasteiger partial charge >= 0.3 is 12.1 Å². The number of likely N-dealkylation sites (tertiary alicyclic amines) is 2. The van der Waals surface area contributed by atoms with Crippen molar-refractivity contribution in [1.29, 1.82) is 0 Å². The number of carbonyl (C=O) groups is 4. The first kappa shape index (κ1) is 21.6. The number of carbonyl (C=O) groups excluding carboxylic acids is 2. The number of nitro benzene ring substituents is 1. The maximum absolute atomic E-state index is 13.0. The van der Waals surface area contributed by atoms with E-state index in [9.17, 15) is 39.5 Å². The summed E-state index contributed by atoms with van der Waals surface area (Å²) in [6.07, 6.45) is 1.09. The van der Waals surface area contributed by atoms with E-state index in [1.807, 2.05) is 0 Å². The Hall–Kier alpha value is -4.22. The van der Waals surface area contributed by atoms with Crippen LogP contribution in [0.15, 0.2) is 47.2 Å². The number of amides is 3. The minimum absolute atomic E-state index is 0.0436. The molecule has 176 valence electrons. The zero-order valence-corrected chi connectivity index (χ0v) is 17.8. The molecule has 2 N–H and O–H groups in total. The number of benzene rings is 1. The fourth-order valence-corrected chi connectivity index (χ4v) is 5.41. The molecule has 3 amide bonds. The number of hydrogen-bond donors (Lipinski definition) is 2. The molecule has 0 aromatic heterocycles. The van der Waals surface area contributed by atoms with Gasteiger partial charge in [-0.1, -0.05) is 12.1 Å². The Morgan fingerprint density at radius 3 is 2.47 bits per heavy atom. The van der Waals surface area contributed by atoms with Crippen LogP contribution in [0.2, 0.25) is 0 Å². The Bertz CT molecular complexity index is 1200. The lowest BCUT2D eigenvalue weighted by atomic mass is 9.78. The molecular weight excluding hydrogens is 448 g/mol. The van der Waals surface area contributed by atoms with Gasteiger partial charge in [-0.05, 0) is 30.1 Å². The maximum atomic E-state index is 13.0. The lowest BCUT2D eigenvalue weighted by Gasteiger charge is -2.52. The van der Waals surface area contributed by atoms with Crippen LogP contribution < -0.4 is 0 Å². The van der Waals surface area contributed by atoms with Crippen molar-refractivity contribution in [3.63, 3.8) is 0 Å². The lowest BCUT2D eigenvalue weighted by molar-refractivity contribution is -0.384. The van der Waals surface area contributed by atoms with Crippen LogP contribution in [-0.2, 0) is 20.9 Å². The van der Waals surface area contributed by atoms with Gasteiger partial charge in [0.1, 0.15) is 11.7 Å². The molecule has 0 saturated carbocycles. The minimum Gasteiger partial charge on any atom is -0.477 e. The molecule has 12 nitrogen and oxygen atoms in total. The number of hydrogen-bond acceptors (Lipinski definition) is 6. The molecule has 3 fully saturated rings. The second-order valence-corrected chi connectivity index (χ2v) is 8.69. The summed E-state index contributed by atoms with van der Waals surface area (Å²) in [5, 5.41) is 30.0. The van der Waals surface area contributed by atoms with Gasteiger partial charge in [0, 0.05) is 43.3 Å². The van der Waals surface area contributed by atoms with Crippen LogP contribution in [0.5, 0.6) is 0 Å². The van der Waals surface area contributed by atoms with E-state index in [1.165, 1.54) is 12.1 Å². The highest BCUT2D eigenvalue weighted by Gasteiger charge is 2.64. The van der Waals surface area contributed by atoms with Gasteiger partial charge in [0.2, 0.25) is 5.91 Å². The van der Waals surface area contributed by atoms with E-state index >= 15 is 0 Å². The number of rotatable bonds is 5. The third-order valence-corrected chi connectivity index (χ3v) is 6.97. The second kappa shape index (κ2) is 7.68. The average molecular weight is 468 g/mol. The van der Waals surface area contributed by atoms with Crippen LogP contribution in [0.3, 0.4) is 0 Å². The van der Waals surface area contributed by atoms with Crippen LogP contribution in [0.25, 0.3) is 0 Å². The molecule has 4 heterocycles. The molecule has 34 heavy (non-hydrogen) atoms. The SMILES string of the molecule is O=C(O)C1=C(/C=C2\CCN(Cc3ccc([N+](=O)[O-])cc3)C2=O)C2CCN(C(=O)O)[C@@H]3C(=O)N1[C@H]23. The number of β-lactam (4-membered cyclic amide) rings is 1. The van der Waals surface area contributed by atoms with Crippen molar-refractivity contribution in [2.24, 2.45) is 5.92 Å². The van der Waals surface area contributed by atoms with Gasteiger partial charge in [-0.15, -0.1) is 0 Å². The largest absolute Gasteiger partial charge is 0.477 e. The van der Waals surface area contributed by atoms with E-state index in [0.717, 1.165) is 15.4 Å². The van der Waals surface area contributed by atoms with Crippen molar-refractivity contribution in [2.45, 2.75) is 31.5 Å². The first-order valence-corrected chi connectivity index (χ1v) is 10.7. The van der Waals surface area contributed by atoms with E-state index in [4.69, 9.17) is 0 Å². The molecule has 1 aromatic rings. The number of allylic oxidation sites excluding steroid dienone is 1. The molecule has 3 atom stereocenters. The summed E-state index contributed by atoms with van der Waals surface area (Å²) in [6, 6.07) is 4.44. The predicted molar refractivity (Wildman–Crippen MR) is 113 cm³/mol. The highest BCUT2D eigenvalue weighted by atomic mass is 16.6. The number of carboxylic acid groups (broad SMARTS) is 2. The number of nitro groups is 1. The van der Waals surface area contributed by atoms with Gasteiger partial charge in [-0.3, -0.25) is 29.5 Å². The Morgan fingerprint density at radius 2 is 1.85 bits per heavy atom.